The summed E-state index contributed by atoms with van der Waals surface area (Å²) in [6.07, 6.45) is 2.49. The molecular formula is C8H11N5O. The summed E-state index contributed by atoms with van der Waals surface area (Å²) in [6.45, 7) is 1.62. The number of hydrogen-bond donors (Lipinski definition) is 3. The largest absolute Gasteiger partial charge is 0.394 e. The van der Waals surface area contributed by atoms with Crippen molar-refractivity contribution in [3.05, 3.63) is 18.5 Å². The number of hydrogen-bond acceptors (Lipinski definition) is 5. The van der Waals surface area contributed by atoms with Crippen LogP contribution in [0.3, 0.4) is 0 Å². The van der Waals surface area contributed by atoms with E-state index in [1.807, 2.05) is 0 Å². The summed E-state index contributed by atoms with van der Waals surface area (Å²) in [5.41, 5.74) is 6.73. The maximum Gasteiger partial charge on any atom is 0.180 e. The summed E-state index contributed by atoms with van der Waals surface area (Å²) in [4.78, 5) is 4.06. The number of nitrogens with one attached hydrogen (secondary N) is 1. The molecule has 2 aromatic rings. The van der Waals surface area contributed by atoms with E-state index in [0.717, 1.165) is 0 Å². The second-order valence-corrected chi connectivity index (χ2v) is 2.99. The van der Waals surface area contributed by atoms with Gasteiger partial charge in [-0.25, -0.2) is 4.98 Å². The van der Waals surface area contributed by atoms with Crippen LogP contribution in [0.5, 0.6) is 0 Å². The van der Waals surface area contributed by atoms with E-state index >= 15 is 0 Å². The average molecular weight is 193 g/mol. The molecule has 0 fully saturated rings. The van der Waals surface area contributed by atoms with Gasteiger partial charge in [0.15, 0.2) is 5.65 Å². The van der Waals surface area contributed by atoms with Crippen LogP contribution in [0.4, 0.5) is 11.5 Å². The predicted octanol–water partition coefficient (Wildman–Crippen LogP) is 0.0617. The lowest BCUT2D eigenvalue weighted by Gasteiger charge is -2.09. The fourth-order valence-electron chi connectivity index (χ4n) is 1.23. The minimum atomic E-state index is -0.647. The number of nitrogen functional groups attached to an aromatic ring is 1. The third-order valence-corrected chi connectivity index (χ3v) is 1.79. The number of fused-ring (bicyclic) bond motifs is 1. The van der Waals surface area contributed by atoms with Crippen LogP contribution in [-0.2, 0) is 0 Å². The molecule has 0 aliphatic carbocycles. The molecule has 0 amide bonds. The molecule has 0 radical (unpaired) electrons. The first kappa shape index (κ1) is 8.76. The summed E-state index contributed by atoms with van der Waals surface area (Å²) >= 11 is 0. The zero-order valence-electron chi connectivity index (χ0n) is 7.68. The van der Waals surface area contributed by atoms with Gasteiger partial charge in [0.05, 0.1) is 11.9 Å². The monoisotopic (exact) mass is 193 g/mol. The fraction of sp³-hybridized carbons (Fsp3) is 0.250. The first-order valence-corrected chi connectivity index (χ1v) is 4.21. The maximum absolute atomic E-state index is 9.17. The lowest BCUT2D eigenvalue weighted by atomic mass is 10.5. The lowest BCUT2D eigenvalue weighted by molar-refractivity contribution is 0.223. The second kappa shape index (κ2) is 3.15. The number of anilines is 2. The minimum absolute atomic E-state index is 0.513. The summed E-state index contributed by atoms with van der Waals surface area (Å²) < 4.78 is 1.54. The van der Waals surface area contributed by atoms with E-state index in [0.29, 0.717) is 17.2 Å². The van der Waals surface area contributed by atoms with Crippen LogP contribution in [-0.4, -0.2) is 25.9 Å². The molecule has 6 heteroatoms. The number of nitrogens with zero attached hydrogens (tertiary/aromatic N) is 3. The topological polar surface area (TPSA) is 88.5 Å². The second-order valence-electron chi connectivity index (χ2n) is 2.99. The highest BCUT2D eigenvalue weighted by molar-refractivity contribution is 5.65. The van der Waals surface area contributed by atoms with Gasteiger partial charge in [-0.05, 0) is 13.0 Å². The van der Waals surface area contributed by atoms with Gasteiger partial charge in [-0.15, -0.1) is 0 Å². The van der Waals surface area contributed by atoms with Crippen molar-refractivity contribution in [1.29, 1.82) is 0 Å². The molecule has 0 aromatic carbocycles. The van der Waals surface area contributed by atoms with E-state index in [2.05, 4.69) is 15.4 Å². The van der Waals surface area contributed by atoms with E-state index in [-0.39, 0.29) is 0 Å². The molecule has 14 heavy (non-hydrogen) atoms. The Morgan fingerprint density at radius 1 is 1.64 bits per heavy atom. The third kappa shape index (κ3) is 1.35. The number of rotatable bonds is 2. The van der Waals surface area contributed by atoms with Crippen molar-refractivity contribution < 1.29 is 5.11 Å². The highest BCUT2D eigenvalue weighted by Crippen LogP contribution is 2.14. The molecule has 0 saturated heterocycles. The highest BCUT2D eigenvalue weighted by Gasteiger charge is 2.06. The summed E-state index contributed by atoms with van der Waals surface area (Å²) in [6, 6.07) is 1.71. The Hall–Kier alpha value is -1.82. The van der Waals surface area contributed by atoms with Crippen molar-refractivity contribution in [3.8, 4) is 0 Å². The van der Waals surface area contributed by atoms with E-state index in [1.54, 1.807) is 23.7 Å². The van der Waals surface area contributed by atoms with Gasteiger partial charge in [-0.3, -0.25) is 0 Å². The molecular weight excluding hydrogens is 182 g/mol. The van der Waals surface area contributed by atoms with Gasteiger partial charge in [0, 0.05) is 6.20 Å². The predicted molar refractivity (Wildman–Crippen MR) is 52.7 cm³/mol. The van der Waals surface area contributed by atoms with Crippen molar-refractivity contribution in [2.24, 2.45) is 0 Å². The Balaban J connectivity index is 2.54. The Kier molecular flexibility index (Phi) is 1.97. The van der Waals surface area contributed by atoms with E-state index < -0.39 is 6.23 Å². The molecule has 0 saturated carbocycles. The summed E-state index contributed by atoms with van der Waals surface area (Å²) in [5, 5.41) is 16.0. The first-order valence-electron chi connectivity index (χ1n) is 4.21. The molecule has 1 unspecified atom stereocenters. The molecule has 1 atom stereocenters. The van der Waals surface area contributed by atoms with Gasteiger partial charge in [0.25, 0.3) is 0 Å². The SMILES string of the molecule is CC(O)Nc1ccnc2c(N)cnn12. The molecule has 6 nitrogen and oxygen atoms in total. The van der Waals surface area contributed by atoms with Crippen LogP contribution < -0.4 is 11.1 Å². The molecule has 4 N–H and O–H groups in total. The van der Waals surface area contributed by atoms with Crippen LogP contribution in [0.2, 0.25) is 0 Å². The van der Waals surface area contributed by atoms with Crippen molar-refractivity contribution in [3.63, 3.8) is 0 Å². The van der Waals surface area contributed by atoms with Crippen molar-refractivity contribution in [2.45, 2.75) is 13.2 Å². The molecule has 0 spiro atoms. The molecule has 0 aliphatic rings. The van der Waals surface area contributed by atoms with Crippen molar-refractivity contribution in [2.75, 3.05) is 11.1 Å². The Morgan fingerprint density at radius 2 is 2.43 bits per heavy atom. The fourth-order valence-corrected chi connectivity index (χ4v) is 1.23. The van der Waals surface area contributed by atoms with Gasteiger partial charge in [-0.2, -0.15) is 9.61 Å². The number of aliphatic hydroxyl groups excluding tert-OH is 1. The van der Waals surface area contributed by atoms with Crippen LogP contribution in [0.15, 0.2) is 18.5 Å². The molecule has 0 bridgehead atoms. The maximum atomic E-state index is 9.17. The number of aromatic nitrogens is 3. The lowest BCUT2D eigenvalue weighted by Crippen LogP contribution is -2.16. The first-order chi connectivity index (χ1) is 6.68. The Labute approximate surface area is 80.4 Å². The van der Waals surface area contributed by atoms with Crippen LogP contribution >= 0.6 is 0 Å². The highest BCUT2D eigenvalue weighted by atomic mass is 16.3. The number of aliphatic hydroxyl groups is 1. The zero-order chi connectivity index (χ0) is 10.1. The number of nitrogens with two attached hydrogens (primary N) is 1. The van der Waals surface area contributed by atoms with Crippen LogP contribution in [0.25, 0.3) is 5.65 Å². The van der Waals surface area contributed by atoms with E-state index in [1.165, 1.54) is 6.20 Å². The molecule has 0 aliphatic heterocycles. The molecule has 2 heterocycles. The van der Waals surface area contributed by atoms with Crippen LogP contribution in [0, 0.1) is 0 Å². The minimum Gasteiger partial charge on any atom is -0.394 e. The Morgan fingerprint density at radius 3 is 3.14 bits per heavy atom. The van der Waals surface area contributed by atoms with Gasteiger partial charge in [-0.1, -0.05) is 0 Å². The average Bonchev–Trinajstić information content (AvgIpc) is 2.49. The third-order valence-electron chi connectivity index (χ3n) is 1.79. The summed E-state index contributed by atoms with van der Waals surface area (Å²) in [7, 11) is 0. The van der Waals surface area contributed by atoms with Crippen LogP contribution in [0.1, 0.15) is 6.92 Å². The van der Waals surface area contributed by atoms with Gasteiger partial charge in [0.2, 0.25) is 0 Å². The van der Waals surface area contributed by atoms with Gasteiger partial charge in [0.1, 0.15) is 12.0 Å². The molecule has 2 aromatic heterocycles. The molecule has 74 valence electrons. The smallest absolute Gasteiger partial charge is 0.180 e. The normalized spacial score (nSPS) is 13.0. The summed E-state index contributed by atoms with van der Waals surface area (Å²) in [5.74, 6) is 0.654. The van der Waals surface area contributed by atoms with Crippen molar-refractivity contribution >= 4 is 17.2 Å². The van der Waals surface area contributed by atoms with E-state index in [9.17, 15) is 0 Å². The van der Waals surface area contributed by atoms with E-state index in [4.69, 9.17) is 10.8 Å². The zero-order valence-corrected chi connectivity index (χ0v) is 7.68. The van der Waals surface area contributed by atoms with Crippen molar-refractivity contribution in [1.82, 2.24) is 14.6 Å². The quantitative estimate of drug-likeness (QED) is 0.587. The standard InChI is InChI=1S/C8H11N5O/c1-5(14)12-7-2-3-10-8-6(9)4-11-13(7)8/h2-5,12,14H,9H2,1H3. The Bertz CT molecular complexity index is 450. The van der Waals surface area contributed by atoms with Gasteiger partial charge >= 0.3 is 0 Å². The molecule has 2 rings (SSSR count). The van der Waals surface area contributed by atoms with Gasteiger partial charge < -0.3 is 16.2 Å².